The zero-order chi connectivity index (χ0) is 19.5. The Balaban J connectivity index is 1.67. The predicted molar refractivity (Wildman–Crippen MR) is 112 cm³/mol. The van der Waals surface area contributed by atoms with Crippen LogP contribution in [0.4, 0.5) is 0 Å². The molecule has 5 heteroatoms. The molecule has 3 N–H and O–H groups in total. The number of aryl methyl sites for hydroxylation is 1. The van der Waals surface area contributed by atoms with Gasteiger partial charge in [-0.2, -0.15) is 0 Å². The van der Waals surface area contributed by atoms with Crippen molar-refractivity contribution < 1.29 is 9.59 Å². The highest BCUT2D eigenvalue weighted by molar-refractivity contribution is 7.15. The number of nitrogens with one attached hydrogen (secondary N) is 1. The Morgan fingerprint density at radius 1 is 0.964 bits per heavy atom. The van der Waals surface area contributed by atoms with E-state index in [1.807, 2.05) is 18.2 Å². The second kappa shape index (κ2) is 7.98. The van der Waals surface area contributed by atoms with Crippen LogP contribution in [0.2, 0.25) is 0 Å². The average Bonchev–Trinajstić information content (AvgIpc) is 3.23. The van der Waals surface area contributed by atoms with E-state index in [1.54, 1.807) is 12.1 Å². The standard InChI is InChI=1S/C23H22N2O2S/c24-22(26)19-13-14-20(28-19)23(27)25-21(16-8-2-1-3-9-16)18-12-6-10-15-7-4-5-11-17(15)18/h1-5,7-9,11,13-14,18,21H,6,10,12H2,(H2,24,26)(H,25,27)/t18-,21-/m0/s1. The van der Waals surface area contributed by atoms with Crippen molar-refractivity contribution in [2.45, 2.75) is 31.2 Å². The van der Waals surface area contributed by atoms with Gasteiger partial charge in [0.1, 0.15) is 0 Å². The van der Waals surface area contributed by atoms with Crippen molar-refractivity contribution >= 4 is 23.2 Å². The Kier molecular flexibility index (Phi) is 5.26. The third-order valence-electron chi connectivity index (χ3n) is 5.34. The van der Waals surface area contributed by atoms with E-state index in [4.69, 9.17) is 5.73 Å². The summed E-state index contributed by atoms with van der Waals surface area (Å²) in [7, 11) is 0. The molecule has 0 fully saturated rings. The maximum atomic E-state index is 13.0. The van der Waals surface area contributed by atoms with E-state index in [0.29, 0.717) is 9.75 Å². The molecule has 3 aromatic rings. The molecule has 28 heavy (non-hydrogen) atoms. The van der Waals surface area contributed by atoms with E-state index in [1.165, 1.54) is 11.1 Å². The monoisotopic (exact) mass is 390 g/mol. The highest BCUT2D eigenvalue weighted by atomic mass is 32.1. The molecule has 2 amide bonds. The first-order chi connectivity index (χ1) is 13.6. The van der Waals surface area contributed by atoms with Gasteiger partial charge in [0.25, 0.3) is 11.8 Å². The van der Waals surface area contributed by atoms with Gasteiger partial charge in [0, 0.05) is 5.92 Å². The summed E-state index contributed by atoms with van der Waals surface area (Å²) >= 11 is 1.13. The molecule has 0 saturated carbocycles. The van der Waals surface area contributed by atoms with Gasteiger partial charge in [-0.3, -0.25) is 9.59 Å². The number of carbonyl (C=O) groups is 2. The van der Waals surface area contributed by atoms with Crippen molar-refractivity contribution in [3.8, 4) is 0 Å². The number of rotatable bonds is 5. The van der Waals surface area contributed by atoms with Crippen LogP contribution in [-0.2, 0) is 6.42 Å². The first-order valence-electron chi connectivity index (χ1n) is 9.47. The summed E-state index contributed by atoms with van der Waals surface area (Å²) in [4.78, 5) is 25.2. The van der Waals surface area contributed by atoms with E-state index in [2.05, 4.69) is 41.7 Å². The number of primary amides is 1. The molecule has 4 nitrogen and oxygen atoms in total. The number of carbonyl (C=O) groups excluding carboxylic acids is 2. The molecule has 0 aliphatic heterocycles. The zero-order valence-electron chi connectivity index (χ0n) is 15.4. The van der Waals surface area contributed by atoms with Crippen molar-refractivity contribution in [2.24, 2.45) is 5.73 Å². The van der Waals surface area contributed by atoms with E-state index in [-0.39, 0.29) is 17.9 Å². The molecule has 1 heterocycles. The molecule has 0 saturated heterocycles. The average molecular weight is 391 g/mol. The van der Waals surface area contributed by atoms with Gasteiger partial charge in [0.2, 0.25) is 0 Å². The zero-order valence-corrected chi connectivity index (χ0v) is 16.2. The first-order valence-corrected chi connectivity index (χ1v) is 10.3. The van der Waals surface area contributed by atoms with Crippen molar-refractivity contribution in [1.82, 2.24) is 5.32 Å². The van der Waals surface area contributed by atoms with E-state index < -0.39 is 5.91 Å². The summed E-state index contributed by atoms with van der Waals surface area (Å²) in [6, 6.07) is 21.8. The minimum absolute atomic E-state index is 0.130. The van der Waals surface area contributed by atoms with Crippen molar-refractivity contribution in [1.29, 1.82) is 0 Å². The van der Waals surface area contributed by atoms with Crippen LogP contribution in [-0.4, -0.2) is 11.8 Å². The van der Waals surface area contributed by atoms with Crippen LogP contribution in [0.1, 0.15) is 60.8 Å². The lowest BCUT2D eigenvalue weighted by atomic mass is 9.76. The third-order valence-corrected chi connectivity index (χ3v) is 6.43. The van der Waals surface area contributed by atoms with Crippen LogP contribution in [0.25, 0.3) is 0 Å². The lowest BCUT2D eigenvalue weighted by Crippen LogP contribution is -2.33. The second-order valence-electron chi connectivity index (χ2n) is 7.09. The molecule has 0 bridgehead atoms. The Labute approximate surface area is 168 Å². The van der Waals surface area contributed by atoms with Gasteiger partial charge in [-0.15, -0.1) is 11.3 Å². The molecule has 2 aromatic carbocycles. The summed E-state index contributed by atoms with van der Waals surface area (Å²) in [6.45, 7) is 0. The van der Waals surface area contributed by atoms with Gasteiger partial charge < -0.3 is 11.1 Å². The molecular formula is C23H22N2O2S. The lowest BCUT2D eigenvalue weighted by Gasteiger charge is -2.33. The highest BCUT2D eigenvalue weighted by Gasteiger charge is 2.30. The number of nitrogens with two attached hydrogens (primary N) is 1. The van der Waals surface area contributed by atoms with Crippen molar-refractivity contribution in [2.75, 3.05) is 0 Å². The fourth-order valence-electron chi connectivity index (χ4n) is 4.02. The molecule has 142 valence electrons. The summed E-state index contributed by atoms with van der Waals surface area (Å²) in [5.41, 5.74) is 9.09. The van der Waals surface area contributed by atoms with Gasteiger partial charge in [0.15, 0.2) is 0 Å². The normalized spacial score (nSPS) is 16.8. The van der Waals surface area contributed by atoms with Gasteiger partial charge in [-0.05, 0) is 48.1 Å². The molecule has 4 rings (SSSR count). The molecule has 0 unspecified atom stereocenters. The highest BCUT2D eigenvalue weighted by Crippen LogP contribution is 2.40. The van der Waals surface area contributed by atoms with Crippen molar-refractivity contribution in [3.05, 3.63) is 93.2 Å². The number of benzene rings is 2. The van der Waals surface area contributed by atoms with Gasteiger partial charge >= 0.3 is 0 Å². The molecule has 0 spiro atoms. The van der Waals surface area contributed by atoms with Gasteiger partial charge in [-0.1, -0.05) is 54.6 Å². The minimum atomic E-state index is -0.509. The van der Waals surface area contributed by atoms with E-state index >= 15 is 0 Å². The summed E-state index contributed by atoms with van der Waals surface area (Å²) in [6.07, 6.45) is 3.20. The molecule has 2 atom stereocenters. The predicted octanol–water partition coefficient (Wildman–Crippen LogP) is 4.44. The van der Waals surface area contributed by atoms with Crippen LogP contribution in [0.15, 0.2) is 66.7 Å². The third kappa shape index (κ3) is 3.71. The summed E-state index contributed by atoms with van der Waals surface area (Å²) in [5, 5.41) is 3.23. The van der Waals surface area contributed by atoms with E-state index in [0.717, 1.165) is 36.2 Å². The molecular weight excluding hydrogens is 368 g/mol. The quantitative estimate of drug-likeness (QED) is 0.676. The summed E-state index contributed by atoms with van der Waals surface area (Å²) in [5.74, 6) is -0.467. The van der Waals surface area contributed by atoms with E-state index in [9.17, 15) is 9.59 Å². The lowest BCUT2D eigenvalue weighted by molar-refractivity contribution is 0.0931. The van der Waals surface area contributed by atoms with Gasteiger partial charge in [0.05, 0.1) is 15.8 Å². The molecule has 1 aliphatic carbocycles. The van der Waals surface area contributed by atoms with Crippen LogP contribution in [0.5, 0.6) is 0 Å². The van der Waals surface area contributed by atoms with Crippen LogP contribution in [0, 0.1) is 0 Å². The Hall–Kier alpha value is -2.92. The largest absolute Gasteiger partial charge is 0.365 e. The Bertz CT molecular complexity index is 997. The number of fused-ring (bicyclic) bond motifs is 1. The van der Waals surface area contributed by atoms with Crippen LogP contribution in [0.3, 0.4) is 0 Å². The molecule has 1 aromatic heterocycles. The minimum Gasteiger partial charge on any atom is -0.365 e. The van der Waals surface area contributed by atoms with Crippen molar-refractivity contribution in [3.63, 3.8) is 0 Å². The smallest absolute Gasteiger partial charge is 0.261 e. The van der Waals surface area contributed by atoms with Crippen LogP contribution < -0.4 is 11.1 Å². The SMILES string of the molecule is NC(=O)c1ccc(C(=O)N[C@@H](c2ccccc2)[C@H]2CCCc3ccccc32)s1. The maximum Gasteiger partial charge on any atom is 0.261 e. The molecule has 0 radical (unpaired) electrons. The Morgan fingerprint density at radius 3 is 2.43 bits per heavy atom. The topological polar surface area (TPSA) is 72.2 Å². The Morgan fingerprint density at radius 2 is 1.68 bits per heavy atom. The fourth-order valence-corrected chi connectivity index (χ4v) is 4.78. The number of thiophene rings is 1. The molecule has 1 aliphatic rings. The number of hydrogen-bond donors (Lipinski definition) is 2. The summed E-state index contributed by atoms with van der Waals surface area (Å²) < 4.78 is 0. The van der Waals surface area contributed by atoms with Crippen LogP contribution >= 0.6 is 11.3 Å². The second-order valence-corrected chi connectivity index (χ2v) is 8.17. The number of hydrogen-bond acceptors (Lipinski definition) is 3. The number of amides is 2. The first kappa shape index (κ1) is 18.4. The fraction of sp³-hybridized carbons (Fsp3) is 0.217. The van der Waals surface area contributed by atoms with Gasteiger partial charge in [-0.25, -0.2) is 0 Å². The maximum absolute atomic E-state index is 13.0.